The standard InChI is InChI=1S/C12H13N3/c1-8-5-6-14-9(2)12(8)10-3-4-11(13)15-7-10/h3-7H,1-2H3,(H2,13,15). The van der Waals surface area contributed by atoms with Crippen LogP contribution in [0.5, 0.6) is 0 Å². The maximum atomic E-state index is 5.55. The highest BCUT2D eigenvalue weighted by molar-refractivity contribution is 5.69. The molecule has 0 atom stereocenters. The van der Waals surface area contributed by atoms with E-state index in [-0.39, 0.29) is 0 Å². The molecule has 15 heavy (non-hydrogen) atoms. The molecule has 2 heterocycles. The van der Waals surface area contributed by atoms with E-state index < -0.39 is 0 Å². The van der Waals surface area contributed by atoms with Crippen LogP contribution in [0.3, 0.4) is 0 Å². The first kappa shape index (κ1) is 9.65. The number of aryl methyl sites for hydroxylation is 2. The summed E-state index contributed by atoms with van der Waals surface area (Å²) < 4.78 is 0. The van der Waals surface area contributed by atoms with E-state index in [1.807, 2.05) is 25.3 Å². The molecule has 2 aromatic heterocycles. The fourth-order valence-electron chi connectivity index (χ4n) is 1.68. The van der Waals surface area contributed by atoms with E-state index in [1.165, 1.54) is 5.56 Å². The highest BCUT2D eigenvalue weighted by atomic mass is 14.8. The van der Waals surface area contributed by atoms with Gasteiger partial charge < -0.3 is 5.73 Å². The van der Waals surface area contributed by atoms with Gasteiger partial charge in [0.1, 0.15) is 5.82 Å². The highest BCUT2D eigenvalue weighted by Gasteiger charge is 2.05. The number of hydrogen-bond donors (Lipinski definition) is 1. The molecule has 2 aromatic rings. The Bertz CT molecular complexity index is 454. The molecule has 0 aliphatic carbocycles. The molecule has 76 valence electrons. The van der Waals surface area contributed by atoms with E-state index in [1.54, 1.807) is 12.3 Å². The molecule has 0 aliphatic rings. The Morgan fingerprint density at radius 1 is 1.07 bits per heavy atom. The van der Waals surface area contributed by atoms with Crippen molar-refractivity contribution in [3.63, 3.8) is 0 Å². The van der Waals surface area contributed by atoms with Crippen LogP contribution in [0, 0.1) is 13.8 Å². The van der Waals surface area contributed by atoms with Crippen LogP contribution < -0.4 is 5.73 Å². The summed E-state index contributed by atoms with van der Waals surface area (Å²) in [5.74, 6) is 0.540. The molecule has 0 aliphatic heterocycles. The molecule has 3 nitrogen and oxygen atoms in total. The Hall–Kier alpha value is -1.90. The van der Waals surface area contributed by atoms with Gasteiger partial charge >= 0.3 is 0 Å². The first-order chi connectivity index (χ1) is 7.18. The second-order valence-electron chi connectivity index (χ2n) is 3.56. The Morgan fingerprint density at radius 3 is 2.47 bits per heavy atom. The minimum atomic E-state index is 0.540. The topological polar surface area (TPSA) is 51.8 Å². The number of nitrogens with two attached hydrogens (primary N) is 1. The lowest BCUT2D eigenvalue weighted by Gasteiger charge is -2.08. The molecule has 0 spiro atoms. The van der Waals surface area contributed by atoms with Gasteiger partial charge in [0.25, 0.3) is 0 Å². The van der Waals surface area contributed by atoms with E-state index in [0.717, 1.165) is 16.8 Å². The smallest absolute Gasteiger partial charge is 0.123 e. The summed E-state index contributed by atoms with van der Waals surface area (Å²) in [5, 5.41) is 0. The first-order valence-electron chi connectivity index (χ1n) is 4.82. The predicted octanol–water partition coefficient (Wildman–Crippen LogP) is 2.34. The van der Waals surface area contributed by atoms with E-state index >= 15 is 0 Å². The monoisotopic (exact) mass is 199 g/mol. The largest absolute Gasteiger partial charge is 0.384 e. The minimum absolute atomic E-state index is 0.540. The van der Waals surface area contributed by atoms with Gasteiger partial charge in [-0.05, 0) is 37.6 Å². The molecule has 0 unspecified atom stereocenters. The van der Waals surface area contributed by atoms with Crippen LogP contribution in [-0.2, 0) is 0 Å². The van der Waals surface area contributed by atoms with Crippen LogP contribution >= 0.6 is 0 Å². The number of rotatable bonds is 1. The van der Waals surface area contributed by atoms with Crippen molar-refractivity contribution in [2.45, 2.75) is 13.8 Å². The Labute approximate surface area is 89.0 Å². The van der Waals surface area contributed by atoms with Crippen molar-refractivity contribution in [1.82, 2.24) is 9.97 Å². The maximum Gasteiger partial charge on any atom is 0.123 e. The molecular formula is C12H13N3. The van der Waals surface area contributed by atoms with E-state index in [4.69, 9.17) is 5.73 Å². The molecule has 2 N–H and O–H groups in total. The van der Waals surface area contributed by atoms with Crippen molar-refractivity contribution in [3.05, 3.63) is 41.9 Å². The van der Waals surface area contributed by atoms with Crippen molar-refractivity contribution >= 4 is 5.82 Å². The lowest BCUT2D eigenvalue weighted by molar-refractivity contribution is 1.17. The summed E-state index contributed by atoms with van der Waals surface area (Å²) in [6, 6.07) is 5.78. The number of pyridine rings is 2. The molecule has 0 aromatic carbocycles. The number of nitrogens with zero attached hydrogens (tertiary/aromatic N) is 2. The van der Waals surface area contributed by atoms with Gasteiger partial charge in [0.2, 0.25) is 0 Å². The molecule has 2 rings (SSSR count). The van der Waals surface area contributed by atoms with Gasteiger partial charge in [-0.3, -0.25) is 4.98 Å². The Kier molecular flexibility index (Phi) is 2.37. The number of hydrogen-bond acceptors (Lipinski definition) is 3. The summed E-state index contributed by atoms with van der Waals surface area (Å²) in [7, 11) is 0. The van der Waals surface area contributed by atoms with Gasteiger partial charge in [0, 0.05) is 29.2 Å². The normalized spacial score (nSPS) is 10.3. The lowest BCUT2D eigenvalue weighted by atomic mass is 10.0. The van der Waals surface area contributed by atoms with Crippen molar-refractivity contribution in [2.75, 3.05) is 5.73 Å². The third kappa shape index (κ3) is 1.81. The summed E-state index contributed by atoms with van der Waals surface area (Å²) in [6.07, 6.45) is 3.60. The fraction of sp³-hybridized carbons (Fsp3) is 0.167. The number of nitrogen functional groups attached to an aromatic ring is 1. The Balaban J connectivity index is 2.58. The van der Waals surface area contributed by atoms with Crippen molar-refractivity contribution in [2.24, 2.45) is 0 Å². The van der Waals surface area contributed by atoms with Gasteiger partial charge in [0.05, 0.1) is 0 Å². The van der Waals surface area contributed by atoms with Gasteiger partial charge in [0.15, 0.2) is 0 Å². The zero-order valence-corrected chi connectivity index (χ0v) is 8.86. The van der Waals surface area contributed by atoms with Crippen LogP contribution in [0.25, 0.3) is 11.1 Å². The highest BCUT2D eigenvalue weighted by Crippen LogP contribution is 2.25. The predicted molar refractivity (Wildman–Crippen MR) is 61.4 cm³/mol. The van der Waals surface area contributed by atoms with Gasteiger partial charge in [-0.15, -0.1) is 0 Å². The molecule has 3 heteroatoms. The summed E-state index contributed by atoms with van der Waals surface area (Å²) in [4.78, 5) is 8.37. The fourth-order valence-corrected chi connectivity index (χ4v) is 1.68. The van der Waals surface area contributed by atoms with Crippen LogP contribution in [0.15, 0.2) is 30.6 Å². The molecule has 0 fully saturated rings. The van der Waals surface area contributed by atoms with E-state index in [0.29, 0.717) is 5.82 Å². The average Bonchev–Trinajstić information content (AvgIpc) is 2.20. The number of anilines is 1. The second-order valence-corrected chi connectivity index (χ2v) is 3.56. The SMILES string of the molecule is Cc1ccnc(C)c1-c1ccc(N)nc1. The number of aromatic nitrogens is 2. The van der Waals surface area contributed by atoms with Crippen LogP contribution in [0.1, 0.15) is 11.3 Å². The third-order valence-electron chi connectivity index (χ3n) is 2.42. The lowest BCUT2D eigenvalue weighted by Crippen LogP contribution is -1.93. The van der Waals surface area contributed by atoms with Crippen molar-refractivity contribution in [1.29, 1.82) is 0 Å². The van der Waals surface area contributed by atoms with Crippen molar-refractivity contribution < 1.29 is 0 Å². The maximum absolute atomic E-state index is 5.55. The van der Waals surface area contributed by atoms with E-state index in [2.05, 4.69) is 16.9 Å². The summed E-state index contributed by atoms with van der Waals surface area (Å²) >= 11 is 0. The van der Waals surface area contributed by atoms with Crippen LogP contribution in [-0.4, -0.2) is 9.97 Å². The molecule has 0 saturated heterocycles. The first-order valence-corrected chi connectivity index (χ1v) is 4.82. The molecule has 0 radical (unpaired) electrons. The Morgan fingerprint density at radius 2 is 1.87 bits per heavy atom. The quantitative estimate of drug-likeness (QED) is 0.767. The van der Waals surface area contributed by atoms with Gasteiger partial charge in [-0.1, -0.05) is 0 Å². The third-order valence-corrected chi connectivity index (χ3v) is 2.42. The van der Waals surface area contributed by atoms with Crippen LogP contribution in [0.2, 0.25) is 0 Å². The van der Waals surface area contributed by atoms with Gasteiger partial charge in [-0.2, -0.15) is 0 Å². The van der Waals surface area contributed by atoms with Crippen molar-refractivity contribution in [3.8, 4) is 11.1 Å². The van der Waals surface area contributed by atoms with E-state index in [9.17, 15) is 0 Å². The average molecular weight is 199 g/mol. The zero-order valence-electron chi connectivity index (χ0n) is 8.86. The zero-order chi connectivity index (χ0) is 10.8. The second kappa shape index (κ2) is 3.69. The molecule has 0 bridgehead atoms. The summed E-state index contributed by atoms with van der Waals surface area (Å²) in [5.41, 5.74) is 9.98. The molecule has 0 amide bonds. The minimum Gasteiger partial charge on any atom is -0.384 e. The summed E-state index contributed by atoms with van der Waals surface area (Å²) in [6.45, 7) is 4.07. The molecule has 0 saturated carbocycles. The molecular weight excluding hydrogens is 186 g/mol. The van der Waals surface area contributed by atoms with Crippen LogP contribution in [0.4, 0.5) is 5.82 Å². The van der Waals surface area contributed by atoms with Gasteiger partial charge in [-0.25, -0.2) is 4.98 Å².